The van der Waals surface area contributed by atoms with Gasteiger partial charge in [0.05, 0.1) is 16.4 Å². The van der Waals surface area contributed by atoms with Gasteiger partial charge in [-0.2, -0.15) is 0 Å². The molecule has 4 rings (SSSR count). The smallest absolute Gasteiger partial charge is 0.295 e. The lowest BCUT2D eigenvalue weighted by Crippen LogP contribution is -2.14. The number of carbonyl (C=O) groups excluding carboxylic acids is 1. The van der Waals surface area contributed by atoms with Crippen LogP contribution in [0, 0.1) is 13.8 Å². The lowest BCUT2D eigenvalue weighted by molar-refractivity contribution is 0.101. The second-order valence-corrected chi connectivity index (χ2v) is 8.25. The number of aryl methyl sites for hydroxylation is 1. The van der Waals surface area contributed by atoms with Crippen molar-refractivity contribution >= 4 is 46.4 Å². The highest BCUT2D eigenvalue weighted by atomic mass is 35.5. The van der Waals surface area contributed by atoms with E-state index in [2.05, 4.69) is 15.4 Å². The molecule has 0 aliphatic heterocycles. The molecule has 8 heteroatoms. The fraction of sp³-hybridized carbons (Fsp3) is 0.0870. The molecule has 1 amide bonds. The zero-order valence-electron chi connectivity index (χ0n) is 16.7. The Labute approximate surface area is 194 Å². The van der Waals surface area contributed by atoms with Gasteiger partial charge in [0.1, 0.15) is 0 Å². The molecule has 0 radical (unpaired) electrons. The van der Waals surface area contributed by atoms with Crippen molar-refractivity contribution in [2.75, 3.05) is 5.32 Å². The third-order valence-electron chi connectivity index (χ3n) is 4.77. The third-order valence-corrected chi connectivity index (χ3v) is 5.72. The number of carbonyl (C=O) groups is 1. The molecule has 156 valence electrons. The molecule has 1 heterocycles. The molecule has 0 saturated carbocycles. The second kappa shape index (κ2) is 8.71. The van der Waals surface area contributed by atoms with Crippen LogP contribution in [-0.2, 0) is 0 Å². The van der Waals surface area contributed by atoms with Gasteiger partial charge >= 0.3 is 0 Å². The number of nitrogens with one attached hydrogen (secondary N) is 1. The molecule has 1 N–H and O–H groups in total. The monoisotopic (exact) mass is 470 g/mol. The summed E-state index contributed by atoms with van der Waals surface area (Å²) >= 11 is 18.4. The zero-order chi connectivity index (χ0) is 22.1. The normalized spacial score (nSPS) is 10.9. The van der Waals surface area contributed by atoms with E-state index in [9.17, 15) is 4.79 Å². The van der Waals surface area contributed by atoms with Gasteiger partial charge in [-0.05, 0) is 49.7 Å². The summed E-state index contributed by atoms with van der Waals surface area (Å²) in [6.07, 6.45) is 0. The summed E-state index contributed by atoms with van der Waals surface area (Å²) in [5.41, 5.74) is 3.92. The molecule has 4 aromatic rings. The van der Waals surface area contributed by atoms with Crippen molar-refractivity contribution in [3.63, 3.8) is 0 Å². The van der Waals surface area contributed by atoms with Gasteiger partial charge in [0.2, 0.25) is 5.82 Å². The second-order valence-electron chi connectivity index (χ2n) is 7.00. The first-order chi connectivity index (χ1) is 14.8. The predicted molar refractivity (Wildman–Crippen MR) is 126 cm³/mol. The van der Waals surface area contributed by atoms with Crippen LogP contribution in [0.15, 0.2) is 60.7 Å². The van der Waals surface area contributed by atoms with Gasteiger partial charge in [-0.3, -0.25) is 4.79 Å². The minimum absolute atomic E-state index is 0.000896. The van der Waals surface area contributed by atoms with Gasteiger partial charge in [-0.15, -0.1) is 5.10 Å². The molecule has 3 aromatic carbocycles. The largest absolute Gasteiger partial charge is 0.318 e. The lowest BCUT2D eigenvalue weighted by Gasteiger charge is -2.10. The number of amides is 1. The molecular formula is C23H17Cl3N4O. The van der Waals surface area contributed by atoms with Gasteiger partial charge in [-0.1, -0.05) is 70.7 Å². The summed E-state index contributed by atoms with van der Waals surface area (Å²) in [4.78, 5) is 17.4. The first-order valence-electron chi connectivity index (χ1n) is 9.39. The van der Waals surface area contributed by atoms with Crippen LogP contribution < -0.4 is 5.32 Å². The van der Waals surface area contributed by atoms with E-state index < -0.39 is 5.91 Å². The quantitative estimate of drug-likeness (QED) is 0.357. The minimum atomic E-state index is -0.490. The molecule has 0 spiro atoms. The first-order valence-corrected chi connectivity index (χ1v) is 10.5. The summed E-state index contributed by atoms with van der Waals surface area (Å²) in [6.45, 7) is 3.90. The van der Waals surface area contributed by atoms with Crippen LogP contribution in [0.2, 0.25) is 15.1 Å². The number of rotatable bonds is 4. The molecule has 0 aliphatic rings. The summed E-state index contributed by atoms with van der Waals surface area (Å²) < 4.78 is 1.63. The van der Waals surface area contributed by atoms with E-state index in [0.29, 0.717) is 26.6 Å². The highest BCUT2D eigenvalue weighted by molar-refractivity contribution is 6.36. The van der Waals surface area contributed by atoms with E-state index in [1.54, 1.807) is 28.9 Å². The molecule has 0 atom stereocenters. The maximum Gasteiger partial charge on any atom is 0.295 e. The van der Waals surface area contributed by atoms with Gasteiger partial charge in [0.15, 0.2) is 5.82 Å². The van der Waals surface area contributed by atoms with E-state index in [-0.39, 0.29) is 5.82 Å². The number of nitrogens with zero attached hydrogens (tertiary/aromatic N) is 3. The van der Waals surface area contributed by atoms with Crippen LogP contribution in [0.3, 0.4) is 0 Å². The van der Waals surface area contributed by atoms with Gasteiger partial charge in [-0.25, -0.2) is 9.67 Å². The molecule has 31 heavy (non-hydrogen) atoms. The van der Waals surface area contributed by atoms with Crippen LogP contribution in [-0.4, -0.2) is 20.7 Å². The Morgan fingerprint density at radius 1 is 0.935 bits per heavy atom. The number of halogens is 3. The molecule has 0 unspecified atom stereocenters. The highest BCUT2D eigenvalue weighted by Gasteiger charge is 2.21. The Balaban J connectivity index is 1.80. The van der Waals surface area contributed by atoms with Gasteiger partial charge in [0.25, 0.3) is 5.91 Å². The van der Waals surface area contributed by atoms with Crippen molar-refractivity contribution in [3.05, 3.63) is 92.7 Å². The summed E-state index contributed by atoms with van der Waals surface area (Å²) in [5.74, 6) is 0.0368. The Morgan fingerprint density at radius 3 is 2.39 bits per heavy atom. The van der Waals surface area contributed by atoms with E-state index in [1.807, 2.05) is 50.2 Å². The van der Waals surface area contributed by atoms with Crippen molar-refractivity contribution in [3.8, 4) is 17.1 Å². The molecule has 0 saturated heterocycles. The average molecular weight is 472 g/mol. The molecule has 1 aromatic heterocycles. The van der Waals surface area contributed by atoms with E-state index >= 15 is 0 Å². The summed E-state index contributed by atoms with van der Waals surface area (Å²) in [7, 11) is 0. The number of hydrogen-bond donors (Lipinski definition) is 1. The van der Waals surface area contributed by atoms with Crippen LogP contribution in [0.25, 0.3) is 17.1 Å². The maximum absolute atomic E-state index is 12.9. The van der Waals surface area contributed by atoms with Crippen molar-refractivity contribution < 1.29 is 4.79 Å². The summed E-state index contributed by atoms with van der Waals surface area (Å²) in [5, 5.41) is 8.63. The standard InChI is InChI=1S/C23H17Cl3N4O/c1-13-6-8-15(9-7-13)22-28-21(23(31)27-19-11-10-16(24)12-18(19)26)29-30(22)20-5-3-4-17(25)14(20)2/h3-12H,1-2H3,(H,27,31). The fourth-order valence-corrected chi connectivity index (χ4v) is 3.69. The van der Waals surface area contributed by atoms with E-state index in [1.165, 1.54) is 0 Å². The van der Waals surface area contributed by atoms with Crippen LogP contribution in [0.5, 0.6) is 0 Å². The van der Waals surface area contributed by atoms with Gasteiger partial charge in [0, 0.05) is 15.6 Å². The highest BCUT2D eigenvalue weighted by Crippen LogP contribution is 2.28. The van der Waals surface area contributed by atoms with Gasteiger partial charge < -0.3 is 5.32 Å². The first kappa shape index (κ1) is 21.4. The lowest BCUT2D eigenvalue weighted by atomic mass is 10.1. The SMILES string of the molecule is Cc1ccc(-c2nc(C(=O)Nc3ccc(Cl)cc3Cl)nn2-c2cccc(Cl)c2C)cc1. The van der Waals surface area contributed by atoms with Crippen molar-refractivity contribution in [2.24, 2.45) is 0 Å². The van der Waals surface area contributed by atoms with E-state index in [0.717, 1.165) is 22.4 Å². The number of hydrogen-bond acceptors (Lipinski definition) is 3. The predicted octanol–water partition coefficient (Wildman–Crippen LogP) is 6.76. The zero-order valence-corrected chi connectivity index (χ0v) is 18.9. The number of anilines is 1. The topological polar surface area (TPSA) is 59.8 Å². The van der Waals surface area contributed by atoms with E-state index in [4.69, 9.17) is 34.8 Å². The molecule has 0 aliphatic carbocycles. The Bertz CT molecular complexity index is 1280. The molecule has 0 bridgehead atoms. The van der Waals surface area contributed by atoms with Crippen LogP contribution >= 0.6 is 34.8 Å². The minimum Gasteiger partial charge on any atom is -0.318 e. The average Bonchev–Trinajstić information content (AvgIpc) is 3.18. The molecule has 0 fully saturated rings. The number of aromatic nitrogens is 3. The number of benzene rings is 3. The summed E-state index contributed by atoms with van der Waals surface area (Å²) in [6, 6.07) is 18.2. The Kier molecular flexibility index (Phi) is 6.01. The Hall–Kier alpha value is -2.86. The molecular weight excluding hydrogens is 455 g/mol. The Morgan fingerprint density at radius 2 is 1.68 bits per heavy atom. The van der Waals surface area contributed by atoms with Crippen molar-refractivity contribution in [1.82, 2.24) is 14.8 Å². The maximum atomic E-state index is 12.9. The molecule has 5 nitrogen and oxygen atoms in total. The van der Waals surface area contributed by atoms with Crippen molar-refractivity contribution in [2.45, 2.75) is 13.8 Å². The van der Waals surface area contributed by atoms with Crippen molar-refractivity contribution in [1.29, 1.82) is 0 Å². The fourth-order valence-electron chi connectivity index (χ4n) is 3.06. The van der Waals surface area contributed by atoms with Crippen LogP contribution in [0.1, 0.15) is 21.7 Å². The third kappa shape index (κ3) is 4.44. The van der Waals surface area contributed by atoms with Crippen LogP contribution in [0.4, 0.5) is 5.69 Å².